The zero-order valence-corrected chi connectivity index (χ0v) is 8.64. The highest BCUT2D eigenvalue weighted by Crippen LogP contribution is 2.21. The monoisotopic (exact) mass is 231 g/mol. The molecule has 0 aliphatic carbocycles. The molecule has 1 heterocycles. The van der Waals surface area contributed by atoms with E-state index in [9.17, 15) is 9.90 Å². The van der Waals surface area contributed by atoms with E-state index in [1.807, 2.05) is 0 Å². The fourth-order valence-corrected chi connectivity index (χ4v) is 1.36. The minimum atomic E-state index is -1.89. The van der Waals surface area contributed by atoms with E-state index in [1.165, 1.54) is 12.3 Å². The molecule has 0 fully saturated rings. The fraction of sp³-hybridized carbons (Fsp3) is 0.333. The molecule has 6 heteroatoms. The SMILES string of the molecule is Cc1cc(Cl)cnc1C(O)C(O)C(=O)O. The minimum Gasteiger partial charge on any atom is -0.479 e. The third kappa shape index (κ3) is 2.65. The Kier molecular flexibility index (Phi) is 3.62. The highest BCUT2D eigenvalue weighted by atomic mass is 35.5. The second-order valence-corrected chi connectivity index (χ2v) is 3.52. The van der Waals surface area contributed by atoms with Crippen LogP contribution in [0.4, 0.5) is 0 Å². The van der Waals surface area contributed by atoms with Gasteiger partial charge in [0.05, 0.1) is 10.7 Å². The molecular weight excluding hydrogens is 222 g/mol. The molecule has 0 aliphatic rings. The normalized spacial score (nSPS) is 14.7. The molecule has 0 aliphatic heterocycles. The number of aliphatic carboxylic acids is 1. The third-order valence-corrected chi connectivity index (χ3v) is 2.12. The standard InChI is InChI=1S/C9H10ClNO4/c1-4-2-5(10)3-11-6(4)7(12)8(13)9(14)15/h2-3,7-8,12-13H,1H3,(H,14,15). The van der Waals surface area contributed by atoms with E-state index < -0.39 is 18.2 Å². The van der Waals surface area contributed by atoms with Gasteiger partial charge in [0.1, 0.15) is 6.10 Å². The van der Waals surface area contributed by atoms with Gasteiger partial charge in [-0.3, -0.25) is 4.98 Å². The van der Waals surface area contributed by atoms with Gasteiger partial charge in [0.2, 0.25) is 0 Å². The van der Waals surface area contributed by atoms with Crippen LogP contribution in [0.5, 0.6) is 0 Å². The van der Waals surface area contributed by atoms with Crippen molar-refractivity contribution in [2.24, 2.45) is 0 Å². The average molecular weight is 232 g/mol. The summed E-state index contributed by atoms with van der Waals surface area (Å²) in [6, 6.07) is 1.53. The summed E-state index contributed by atoms with van der Waals surface area (Å²) in [5, 5.41) is 27.5. The number of aromatic nitrogens is 1. The number of nitrogens with zero attached hydrogens (tertiary/aromatic N) is 1. The fourth-order valence-electron chi connectivity index (χ4n) is 1.15. The molecule has 1 rings (SSSR count). The highest BCUT2D eigenvalue weighted by molar-refractivity contribution is 6.30. The van der Waals surface area contributed by atoms with Crippen molar-refractivity contribution in [2.75, 3.05) is 0 Å². The van der Waals surface area contributed by atoms with Crippen LogP contribution in [0.1, 0.15) is 17.4 Å². The van der Waals surface area contributed by atoms with E-state index in [0.717, 1.165) is 0 Å². The first-order valence-electron chi connectivity index (χ1n) is 4.14. The van der Waals surface area contributed by atoms with Crippen molar-refractivity contribution in [1.82, 2.24) is 4.98 Å². The Labute approximate surface area is 91.0 Å². The Morgan fingerprint density at radius 1 is 1.53 bits per heavy atom. The van der Waals surface area contributed by atoms with Crippen molar-refractivity contribution in [2.45, 2.75) is 19.1 Å². The molecule has 0 saturated heterocycles. The molecule has 5 nitrogen and oxygen atoms in total. The Hall–Kier alpha value is -1.17. The summed E-state index contributed by atoms with van der Waals surface area (Å²) in [6.45, 7) is 1.62. The Bertz CT molecular complexity index is 382. The number of carbonyl (C=O) groups is 1. The summed E-state index contributed by atoms with van der Waals surface area (Å²) in [6.07, 6.45) is -2.17. The number of carboxylic acids is 1. The first-order valence-corrected chi connectivity index (χ1v) is 4.52. The van der Waals surface area contributed by atoms with Crippen LogP contribution in [0.25, 0.3) is 0 Å². The van der Waals surface area contributed by atoms with Gasteiger partial charge in [-0.1, -0.05) is 11.6 Å². The van der Waals surface area contributed by atoms with Gasteiger partial charge in [-0.05, 0) is 18.6 Å². The lowest BCUT2D eigenvalue weighted by Crippen LogP contribution is -2.28. The first-order chi connectivity index (χ1) is 6.93. The van der Waals surface area contributed by atoms with E-state index >= 15 is 0 Å². The lowest BCUT2D eigenvalue weighted by molar-refractivity contribution is -0.153. The summed E-state index contributed by atoms with van der Waals surface area (Å²) in [5.74, 6) is -1.50. The van der Waals surface area contributed by atoms with Gasteiger partial charge in [0, 0.05) is 6.20 Å². The molecule has 2 atom stereocenters. The predicted molar refractivity (Wildman–Crippen MR) is 52.6 cm³/mol. The Morgan fingerprint density at radius 3 is 2.60 bits per heavy atom. The molecule has 2 unspecified atom stereocenters. The van der Waals surface area contributed by atoms with Crippen molar-refractivity contribution in [3.63, 3.8) is 0 Å². The van der Waals surface area contributed by atoms with Crippen LogP contribution in [0.3, 0.4) is 0 Å². The van der Waals surface area contributed by atoms with Gasteiger partial charge in [0.15, 0.2) is 6.10 Å². The number of halogens is 1. The van der Waals surface area contributed by atoms with E-state index in [1.54, 1.807) is 6.92 Å². The number of hydrogen-bond donors (Lipinski definition) is 3. The largest absolute Gasteiger partial charge is 0.479 e. The lowest BCUT2D eigenvalue weighted by atomic mass is 10.1. The van der Waals surface area contributed by atoms with E-state index in [-0.39, 0.29) is 5.69 Å². The molecule has 1 aromatic heterocycles. The summed E-state index contributed by atoms with van der Waals surface area (Å²) in [7, 11) is 0. The van der Waals surface area contributed by atoms with Crippen LogP contribution in [-0.4, -0.2) is 32.4 Å². The quantitative estimate of drug-likeness (QED) is 0.706. The molecule has 82 valence electrons. The number of aliphatic hydroxyl groups is 2. The van der Waals surface area contributed by atoms with Crippen LogP contribution < -0.4 is 0 Å². The minimum absolute atomic E-state index is 0.106. The van der Waals surface area contributed by atoms with Crippen molar-refractivity contribution in [3.8, 4) is 0 Å². The average Bonchev–Trinajstić information content (AvgIpc) is 2.15. The van der Waals surface area contributed by atoms with Crippen LogP contribution in [0.15, 0.2) is 12.3 Å². The molecule has 0 spiro atoms. The maximum Gasteiger partial charge on any atom is 0.335 e. The van der Waals surface area contributed by atoms with Crippen molar-refractivity contribution in [1.29, 1.82) is 0 Å². The number of aryl methyl sites for hydroxylation is 1. The summed E-state index contributed by atoms with van der Waals surface area (Å²) in [5.41, 5.74) is 0.629. The Balaban J connectivity index is 3.01. The zero-order valence-electron chi connectivity index (χ0n) is 7.88. The van der Waals surface area contributed by atoms with Gasteiger partial charge in [0.25, 0.3) is 0 Å². The zero-order chi connectivity index (χ0) is 11.6. The first kappa shape index (κ1) is 11.9. The van der Waals surface area contributed by atoms with Gasteiger partial charge < -0.3 is 15.3 Å². The Morgan fingerprint density at radius 2 is 2.13 bits per heavy atom. The number of carboxylic acid groups (broad SMARTS) is 1. The van der Waals surface area contributed by atoms with Crippen molar-refractivity contribution >= 4 is 17.6 Å². The molecule has 15 heavy (non-hydrogen) atoms. The predicted octanol–water partition coefficient (Wildman–Crippen LogP) is 0.522. The topological polar surface area (TPSA) is 90.7 Å². The van der Waals surface area contributed by atoms with E-state index in [2.05, 4.69) is 4.98 Å². The number of aliphatic hydroxyl groups excluding tert-OH is 2. The number of pyridine rings is 1. The maximum atomic E-state index is 10.4. The second kappa shape index (κ2) is 4.57. The van der Waals surface area contributed by atoms with Crippen molar-refractivity contribution < 1.29 is 20.1 Å². The van der Waals surface area contributed by atoms with Crippen LogP contribution in [0.2, 0.25) is 5.02 Å². The van der Waals surface area contributed by atoms with E-state index in [4.69, 9.17) is 21.8 Å². The van der Waals surface area contributed by atoms with Gasteiger partial charge in [-0.25, -0.2) is 4.79 Å². The van der Waals surface area contributed by atoms with Gasteiger partial charge in [-0.2, -0.15) is 0 Å². The van der Waals surface area contributed by atoms with Gasteiger partial charge in [-0.15, -0.1) is 0 Å². The second-order valence-electron chi connectivity index (χ2n) is 3.08. The third-order valence-electron chi connectivity index (χ3n) is 1.92. The molecule has 0 bridgehead atoms. The highest BCUT2D eigenvalue weighted by Gasteiger charge is 2.27. The molecule has 0 saturated carbocycles. The number of hydrogen-bond acceptors (Lipinski definition) is 4. The summed E-state index contributed by atoms with van der Waals surface area (Å²) in [4.78, 5) is 14.2. The maximum absolute atomic E-state index is 10.4. The van der Waals surface area contributed by atoms with Crippen molar-refractivity contribution in [3.05, 3.63) is 28.5 Å². The van der Waals surface area contributed by atoms with Gasteiger partial charge >= 0.3 is 5.97 Å². The molecule has 1 aromatic rings. The molecular formula is C9H10ClNO4. The van der Waals surface area contributed by atoms with Crippen LogP contribution >= 0.6 is 11.6 Å². The van der Waals surface area contributed by atoms with Crippen LogP contribution in [0, 0.1) is 6.92 Å². The molecule has 0 amide bonds. The lowest BCUT2D eigenvalue weighted by Gasteiger charge is -2.15. The van der Waals surface area contributed by atoms with Crippen LogP contribution in [-0.2, 0) is 4.79 Å². The smallest absolute Gasteiger partial charge is 0.335 e. The van der Waals surface area contributed by atoms with E-state index in [0.29, 0.717) is 10.6 Å². The molecule has 3 N–H and O–H groups in total. The number of rotatable bonds is 3. The molecule has 0 radical (unpaired) electrons. The summed E-state index contributed by atoms with van der Waals surface area (Å²) < 4.78 is 0. The summed E-state index contributed by atoms with van der Waals surface area (Å²) >= 11 is 5.64. The molecule has 0 aromatic carbocycles.